The van der Waals surface area contributed by atoms with Crippen molar-refractivity contribution in [2.75, 3.05) is 13.7 Å². The van der Waals surface area contributed by atoms with Crippen LogP contribution in [0.3, 0.4) is 0 Å². The highest BCUT2D eigenvalue weighted by Gasteiger charge is 2.21. The van der Waals surface area contributed by atoms with Crippen molar-refractivity contribution in [2.45, 2.75) is 39.7 Å². The van der Waals surface area contributed by atoms with E-state index in [9.17, 15) is 9.90 Å². The van der Waals surface area contributed by atoms with Gasteiger partial charge in [0.2, 0.25) is 5.88 Å². The maximum absolute atomic E-state index is 12.6. The molecule has 8 heteroatoms. The number of amides is 1. The number of nitrogens with one attached hydrogen (secondary N) is 1. The summed E-state index contributed by atoms with van der Waals surface area (Å²) in [5.74, 6) is 0.0199. The largest absolute Gasteiger partial charge is 0.493 e. The fourth-order valence-corrected chi connectivity index (χ4v) is 2.89. The van der Waals surface area contributed by atoms with Gasteiger partial charge in [-0.2, -0.15) is 15.0 Å². The van der Waals surface area contributed by atoms with Crippen LogP contribution in [-0.2, 0) is 4.74 Å². The molecule has 2 rings (SSSR count). The number of aromatic nitrogens is 3. The van der Waals surface area contributed by atoms with E-state index in [1.54, 1.807) is 31.4 Å². The first-order chi connectivity index (χ1) is 15.1. The second kappa shape index (κ2) is 10.6. The topological polar surface area (TPSA) is 113 Å². The molecule has 0 saturated carbocycles. The lowest BCUT2D eigenvalue weighted by atomic mass is 10.0. The number of carbonyl (C=O) groups is 1. The molecule has 168 valence electrons. The van der Waals surface area contributed by atoms with Crippen LogP contribution in [0.4, 0.5) is 0 Å². The molecule has 2 heterocycles. The number of nitriles is 1. The van der Waals surface area contributed by atoms with Crippen molar-refractivity contribution in [2.24, 2.45) is 0 Å². The van der Waals surface area contributed by atoms with Crippen LogP contribution in [0, 0.1) is 11.3 Å². The summed E-state index contributed by atoms with van der Waals surface area (Å²) in [6.07, 6.45) is 6.94. The number of nitrogens with zero attached hydrogens (tertiary/aromatic N) is 4. The molecule has 0 saturated heterocycles. The van der Waals surface area contributed by atoms with Crippen molar-refractivity contribution >= 4 is 11.5 Å². The zero-order valence-electron chi connectivity index (χ0n) is 19.1. The normalized spacial score (nSPS) is 11.2. The fraction of sp³-hybridized carbons (Fsp3) is 0.333. The maximum Gasteiger partial charge on any atom is 0.253 e. The van der Waals surface area contributed by atoms with E-state index in [1.165, 1.54) is 17.1 Å². The van der Waals surface area contributed by atoms with Gasteiger partial charge in [0.25, 0.3) is 5.91 Å². The Morgan fingerprint density at radius 3 is 2.62 bits per heavy atom. The smallest absolute Gasteiger partial charge is 0.253 e. The standard InChI is InChI=1S/C24H29N5O3/c1-16(2)19(9-7-17(3)13-25)20-15-27-29(23(20)31)21-10-8-18(14-26-21)22(30)28-24(4,5)11-12-32-6/h7-10,14-15,31H,3,11-12H2,1-2,4-6H3,(H,28,30)/b9-7-. The Labute approximate surface area is 188 Å². The molecular weight excluding hydrogens is 406 g/mol. The second-order valence-electron chi connectivity index (χ2n) is 8.16. The number of carbonyl (C=O) groups excluding carboxylic acids is 1. The minimum Gasteiger partial charge on any atom is -0.493 e. The Hall–Kier alpha value is -3.70. The molecule has 0 fully saturated rings. The van der Waals surface area contributed by atoms with E-state index < -0.39 is 5.54 Å². The first-order valence-corrected chi connectivity index (χ1v) is 10.1. The van der Waals surface area contributed by atoms with Gasteiger partial charge in [-0.25, -0.2) is 4.98 Å². The first kappa shape index (κ1) is 24.6. The van der Waals surface area contributed by atoms with Gasteiger partial charge in [0, 0.05) is 31.0 Å². The number of rotatable bonds is 9. The molecule has 0 radical (unpaired) electrons. The number of allylic oxidation sites excluding steroid dienone is 5. The average molecular weight is 436 g/mol. The van der Waals surface area contributed by atoms with E-state index in [0.717, 1.165) is 11.1 Å². The molecule has 0 atom stereocenters. The lowest BCUT2D eigenvalue weighted by molar-refractivity contribution is 0.0887. The molecule has 0 aliphatic carbocycles. The minimum atomic E-state index is -0.425. The van der Waals surface area contributed by atoms with E-state index in [1.807, 2.05) is 33.8 Å². The van der Waals surface area contributed by atoms with Crippen molar-refractivity contribution in [3.8, 4) is 17.8 Å². The summed E-state index contributed by atoms with van der Waals surface area (Å²) in [7, 11) is 1.62. The molecule has 0 unspecified atom stereocenters. The third-order valence-corrected chi connectivity index (χ3v) is 4.78. The number of ether oxygens (including phenoxy) is 1. The Morgan fingerprint density at radius 2 is 2.06 bits per heavy atom. The summed E-state index contributed by atoms with van der Waals surface area (Å²) in [6, 6.07) is 5.20. The Kier molecular flexibility index (Phi) is 8.10. The minimum absolute atomic E-state index is 0.0983. The number of hydrogen-bond acceptors (Lipinski definition) is 6. The summed E-state index contributed by atoms with van der Waals surface area (Å²) in [5, 5.41) is 26.9. The van der Waals surface area contributed by atoms with E-state index in [2.05, 4.69) is 22.0 Å². The van der Waals surface area contributed by atoms with Crippen molar-refractivity contribution < 1.29 is 14.6 Å². The molecule has 1 amide bonds. The van der Waals surface area contributed by atoms with E-state index in [-0.39, 0.29) is 11.8 Å². The molecular formula is C24H29N5O3. The van der Waals surface area contributed by atoms with Gasteiger partial charge < -0.3 is 15.2 Å². The van der Waals surface area contributed by atoms with Gasteiger partial charge in [-0.05, 0) is 57.9 Å². The van der Waals surface area contributed by atoms with Gasteiger partial charge >= 0.3 is 0 Å². The first-order valence-electron chi connectivity index (χ1n) is 10.1. The predicted octanol–water partition coefficient (Wildman–Crippen LogP) is 3.95. The highest BCUT2D eigenvalue weighted by Crippen LogP contribution is 2.30. The van der Waals surface area contributed by atoms with Crippen LogP contribution in [0.1, 0.15) is 50.0 Å². The average Bonchev–Trinajstić information content (AvgIpc) is 3.12. The second-order valence-corrected chi connectivity index (χ2v) is 8.16. The molecule has 0 aromatic carbocycles. The van der Waals surface area contributed by atoms with Crippen LogP contribution in [0.2, 0.25) is 0 Å². The Balaban J connectivity index is 2.26. The third kappa shape index (κ3) is 6.15. The highest BCUT2D eigenvalue weighted by atomic mass is 16.5. The fourth-order valence-electron chi connectivity index (χ4n) is 2.89. The summed E-state index contributed by atoms with van der Waals surface area (Å²) in [5.41, 5.74) is 2.42. The summed E-state index contributed by atoms with van der Waals surface area (Å²) in [6.45, 7) is 11.8. The Morgan fingerprint density at radius 1 is 1.34 bits per heavy atom. The summed E-state index contributed by atoms with van der Waals surface area (Å²) >= 11 is 0. The zero-order chi connectivity index (χ0) is 23.9. The lowest BCUT2D eigenvalue weighted by Gasteiger charge is -2.25. The molecule has 0 spiro atoms. The quantitative estimate of drug-likeness (QED) is 0.455. The molecule has 2 aromatic rings. The van der Waals surface area contributed by atoms with Gasteiger partial charge in [0.05, 0.1) is 23.4 Å². The molecule has 0 bridgehead atoms. The predicted molar refractivity (Wildman–Crippen MR) is 123 cm³/mol. The Bertz CT molecular complexity index is 1080. The van der Waals surface area contributed by atoms with Gasteiger partial charge in [-0.1, -0.05) is 18.2 Å². The zero-order valence-corrected chi connectivity index (χ0v) is 19.1. The molecule has 8 nitrogen and oxygen atoms in total. The van der Waals surface area contributed by atoms with Crippen LogP contribution >= 0.6 is 0 Å². The molecule has 2 N–H and O–H groups in total. The molecule has 0 aliphatic rings. The van der Waals surface area contributed by atoms with Crippen molar-refractivity contribution in [3.05, 3.63) is 65.5 Å². The highest BCUT2D eigenvalue weighted by molar-refractivity contribution is 5.94. The van der Waals surface area contributed by atoms with E-state index >= 15 is 0 Å². The molecule has 0 aliphatic heterocycles. The van der Waals surface area contributed by atoms with E-state index in [4.69, 9.17) is 10.00 Å². The summed E-state index contributed by atoms with van der Waals surface area (Å²) in [4.78, 5) is 16.8. The molecule has 32 heavy (non-hydrogen) atoms. The SMILES string of the molecule is C=C(C#N)/C=C\C(=C(C)C)c1cnn(-c2ccc(C(=O)NC(C)(C)CCOC)cn2)c1O. The summed E-state index contributed by atoms with van der Waals surface area (Å²) < 4.78 is 6.37. The maximum atomic E-state index is 12.6. The van der Waals surface area contributed by atoms with Gasteiger partial charge in [0.15, 0.2) is 5.82 Å². The number of hydrogen-bond donors (Lipinski definition) is 2. The van der Waals surface area contributed by atoms with Crippen LogP contribution in [0.5, 0.6) is 5.88 Å². The monoisotopic (exact) mass is 435 g/mol. The molecule has 2 aromatic heterocycles. The van der Waals surface area contributed by atoms with Crippen LogP contribution in [-0.4, -0.2) is 45.0 Å². The number of aromatic hydroxyl groups is 1. The third-order valence-electron chi connectivity index (χ3n) is 4.78. The van der Waals surface area contributed by atoms with Crippen molar-refractivity contribution in [3.63, 3.8) is 0 Å². The van der Waals surface area contributed by atoms with Gasteiger partial charge in [-0.3, -0.25) is 4.79 Å². The van der Waals surface area contributed by atoms with Crippen LogP contribution in [0.25, 0.3) is 11.4 Å². The van der Waals surface area contributed by atoms with Crippen molar-refractivity contribution in [1.82, 2.24) is 20.1 Å². The number of pyridine rings is 1. The van der Waals surface area contributed by atoms with E-state index in [0.29, 0.717) is 35.5 Å². The lowest BCUT2D eigenvalue weighted by Crippen LogP contribution is -2.44. The van der Waals surface area contributed by atoms with Crippen LogP contribution < -0.4 is 5.32 Å². The van der Waals surface area contributed by atoms with Crippen LogP contribution in [0.15, 0.2) is 54.4 Å². The van der Waals surface area contributed by atoms with Gasteiger partial charge in [-0.15, -0.1) is 0 Å². The number of methoxy groups -OCH3 is 1. The van der Waals surface area contributed by atoms with Crippen molar-refractivity contribution in [1.29, 1.82) is 5.26 Å². The van der Waals surface area contributed by atoms with Gasteiger partial charge in [0.1, 0.15) is 0 Å².